The minimum absolute atomic E-state index is 0.0838. The summed E-state index contributed by atoms with van der Waals surface area (Å²) < 4.78 is 11.1. The molecule has 1 atom stereocenters. The second kappa shape index (κ2) is 4.94. The van der Waals surface area contributed by atoms with Crippen molar-refractivity contribution in [3.63, 3.8) is 0 Å². The second-order valence-corrected chi connectivity index (χ2v) is 4.66. The molecule has 1 N–H and O–H groups in total. The lowest BCUT2D eigenvalue weighted by molar-refractivity contribution is 0.0696. The normalized spacial score (nSPS) is 17.8. The van der Waals surface area contributed by atoms with Crippen molar-refractivity contribution in [3.05, 3.63) is 59.2 Å². The molecule has 0 spiro atoms. The number of phenolic OH excluding ortho intramolecular Hbond substituents is 1. The highest BCUT2D eigenvalue weighted by atomic mass is 16.5. The molecule has 0 bridgehead atoms. The van der Waals surface area contributed by atoms with Gasteiger partial charge in [-0.1, -0.05) is 18.2 Å². The van der Waals surface area contributed by atoms with E-state index in [1.807, 2.05) is 36.4 Å². The molecule has 1 unspecified atom stereocenters. The summed E-state index contributed by atoms with van der Waals surface area (Å²) in [5.74, 6) is 1.14. The standard InChI is InChI=1S/C16H16O3/c1-18-14-4-2-3-12(10-14)16-15-6-5-13(17)9-11(15)7-8-19-16/h2-6,9-10,16-17H,7-8H2,1H3. The fourth-order valence-corrected chi connectivity index (χ4v) is 2.52. The van der Waals surface area contributed by atoms with Gasteiger partial charge in [-0.2, -0.15) is 0 Å². The van der Waals surface area contributed by atoms with Gasteiger partial charge in [-0.05, 0) is 47.4 Å². The minimum atomic E-state index is -0.0838. The Kier molecular flexibility index (Phi) is 3.13. The summed E-state index contributed by atoms with van der Waals surface area (Å²) >= 11 is 0. The van der Waals surface area contributed by atoms with Crippen LogP contribution in [0.15, 0.2) is 42.5 Å². The van der Waals surface area contributed by atoms with E-state index in [-0.39, 0.29) is 6.10 Å². The Morgan fingerprint density at radius 2 is 2.11 bits per heavy atom. The summed E-state index contributed by atoms with van der Waals surface area (Å²) in [6, 6.07) is 13.4. The van der Waals surface area contributed by atoms with Gasteiger partial charge >= 0.3 is 0 Å². The quantitative estimate of drug-likeness (QED) is 0.897. The highest BCUT2D eigenvalue weighted by molar-refractivity contribution is 5.43. The van der Waals surface area contributed by atoms with Crippen LogP contribution in [0.1, 0.15) is 22.8 Å². The molecule has 0 amide bonds. The Morgan fingerprint density at radius 3 is 2.95 bits per heavy atom. The van der Waals surface area contributed by atoms with Crippen LogP contribution < -0.4 is 4.74 Å². The lowest BCUT2D eigenvalue weighted by Crippen LogP contribution is -2.17. The molecular formula is C16H16O3. The molecule has 0 aliphatic carbocycles. The van der Waals surface area contributed by atoms with E-state index in [1.54, 1.807) is 13.2 Å². The average molecular weight is 256 g/mol. The summed E-state index contributed by atoms with van der Waals surface area (Å²) in [5, 5.41) is 9.57. The third-order valence-electron chi connectivity index (χ3n) is 3.46. The van der Waals surface area contributed by atoms with Crippen molar-refractivity contribution in [3.8, 4) is 11.5 Å². The first-order valence-corrected chi connectivity index (χ1v) is 6.35. The molecule has 1 aliphatic heterocycles. The number of hydrogen-bond donors (Lipinski definition) is 1. The van der Waals surface area contributed by atoms with Gasteiger partial charge in [0.25, 0.3) is 0 Å². The largest absolute Gasteiger partial charge is 0.508 e. The first kappa shape index (κ1) is 12.1. The van der Waals surface area contributed by atoms with E-state index < -0.39 is 0 Å². The molecule has 3 heteroatoms. The number of ether oxygens (including phenoxy) is 2. The monoisotopic (exact) mass is 256 g/mol. The smallest absolute Gasteiger partial charge is 0.119 e. The van der Waals surface area contributed by atoms with Gasteiger partial charge in [-0.15, -0.1) is 0 Å². The van der Waals surface area contributed by atoms with Crippen molar-refractivity contribution in [2.45, 2.75) is 12.5 Å². The minimum Gasteiger partial charge on any atom is -0.508 e. The van der Waals surface area contributed by atoms with Crippen LogP contribution in [0, 0.1) is 0 Å². The van der Waals surface area contributed by atoms with Crippen LogP contribution in [0.4, 0.5) is 0 Å². The number of rotatable bonds is 2. The maximum atomic E-state index is 9.57. The lowest BCUT2D eigenvalue weighted by atomic mass is 9.93. The van der Waals surface area contributed by atoms with Gasteiger partial charge in [0, 0.05) is 0 Å². The summed E-state index contributed by atoms with van der Waals surface area (Å²) in [4.78, 5) is 0. The van der Waals surface area contributed by atoms with E-state index in [4.69, 9.17) is 9.47 Å². The van der Waals surface area contributed by atoms with Gasteiger partial charge in [0.15, 0.2) is 0 Å². The predicted molar refractivity (Wildman–Crippen MR) is 72.6 cm³/mol. The van der Waals surface area contributed by atoms with Crippen LogP contribution in [0.2, 0.25) is 0 Å². The van der Waals surface area contributed by atoms with E-state index in [2.05, 4.69) is 0 Å². The second-order valence-electron chi connectivity index (χ2n) is 4.66. The van der Waals surface area contributed by atoms with Gasteiger partial charge in [0.05, 0.1) is 13.7 Å². The van der Waals surface area contributed by atoms with Crippen LogP contribution in [0.3, 0.4) is 0 Å². The maximum Gasteiger partial charge on any atom is 0.119 e. The molecule has 3 nitrogen and oxygen atoms in total. The van der Waals surface area contributed by atoms with E-state index in [0.717, 1.165) is 28.9 Å². The van der Waals surface area contributed by atoms with Gasteiger partial charge in [0.2, 0.25) is 0 Å². The Bertz CT molecular complexity index is 592. The molecule has 0 fully saturated rings. The first-order valence-electron chi connectivity index (χ1n) is 6.35. The highest BCUT2D eigenvalue weighted by Gasteiger charge is 2.23. The molecule has 2 aromatic carbocycles. The third kappa shape index (κ3) is 2.29. The SMILES string of the molecule is COc1cccc(C2OCCc3cc(O)ccc32)c1. The van der Waals surface area contributed by atoms with Gasteiger partial charge in [-0.25, -0.2) is 0 Å². The van der Waals surface area contributed by atoms with Crippen molar-refractivity contribution in [1.82, 2.24) is 0 Å². The number of phenols is 1. The summed E-state index contributed by atoms with van der Waals surface area (Å²) in [6.45, 7) is 0.665. The molecule has 3 rings (SSSR count). The Balaban J connectivity index is 2.03. The van der Waals surface area contributed by atoms with Crippen molar-refractivity contribution in [1.29, 1.82) is 0 Å². The molecule has 1 aliphatic rings. The summed E-state index contributed by atoms with van der Waals surface area (Å²) in [7, 11) is 1.66. The summed E-state index contributed by atoms with van der Waals surface area (Å²) in [5.41, 5.74) is 3.35. The number of fused-ring (bicyclic) bond motifs is 1. The van der Waals surface area contributed by atoms with Crippen molar-refractivity contribution < 1.29 is 14.6 Å². The van der Waals surface area contributed by atoms with Crippen LogP contribution >= 0.6 is 0 Å². The molecule has 2 aromatic rings. The molecule has 0 saturated heterocycles. The van der Waals surface area contributed by atoms with Crippen molar-refractivity contribution >= 4 is 0 Å². The Morgan fingerprint density at radius 1 is 1.21 bits per heavy atom. The van der Waals surface area contributed by atoms with Crippen molar-refractivity contribution in [2.24, 2.45) is 0 Å². The van der Waals surface area contributed by atoms with Gasteiger partial charge in [-0.3, -0.25) is 0 Å². The molecule has 0 aromatic heterocycles. The van der Waals surface area contributed by atoms with Crippen LogP contribution in [0.5, 0.6) is 11.5 Å². The van der Waals surface area contributed by atoms with Gasteiger partial charge in [0.1, 0.15) is 17.6 Å². The molecule has 19 heavy (non-hydrogen) atoms. The van der Waals surface area contributed by atoms with Gasteiger partial charge < -0.3 is 14.6 Å². The Hall–Kier alpha value is -2.00. The fraction of sp³-hybridized carbons (Fsp3) is 0.250. The Labute approximate surface area is 112 Å². The van der Waals surface area contributed by atoms with E-state index in [9.17, 15) is 5.11 Å². The number of hydrogen-bond acceptors (Lipinski definition) is 3. The topological polar surface area (TPSA) is 38.7 Å². The number of methoxy groups -OCH3 is 1. The van der Waals surface area contributed by atoms with E-state index in [1.165, 1.54) is 0 Å². The average Bonchev–Trinajstić information content (AvgIpc) is 2.46. The maximum absolute atomic E-state index is 9.57. The van der Waals surface area contributed by atoms with Crippen LogP contribution in [-0.4, -0.2) is 18.8 Å². The highest BCUT2D eigenvalue weighted by Crippen LogP contribution is 2.35. The fourth-order valence-electron chi connectivity index (χ4n) is 2.52. The van der Waals surface area contributed by atoms with E-state index in [0.29, 0.717) is 12.4 Å². The lowest BCUT2D eigenvalue weighted by Gasteiger charge is -2.26. The predicted octanol–water partition coefficient (Wildman–Crippen LogP) is 3.06. The van der Waals surface area contributed by atoms with Crippen LogP contribution in [-0.2, 0) is 11.2 Å². The molecule has 98 valence electrons. The molecular weight excluding hydrogens is 240 g/mol. The number of aromatic hydroxyl groups is 1. The first-order chi connectivity index (χ1) is 9.28. The van der Waals surface area contributed by atoms with E-state index >= 15 is 0 Å². The zero-order valence-electron chi connectivity index (χ0n) is 10.8. The summed E-state index contributed by atoms with van der Waals surface area (Å²) in [6.07, 6.45) is 0.754. The molecule has 0 radical (unpaired) electrons. The zero-order valence-corrected chi connectivity index (χ0v) is 10.8. The van der Waals surface area contributed by atoms with Crippen molar-refractivity contribution in [2.75, 3.05) is 13.7 Å². The molecule has 0 saturated carbocycles. The molecule has 1 heterocycles. The zero-order chi connectivity index (χ0) is 13.2. The third-order valence-corrected chi connectivity index (χ3v) is 3.46. The number of benzene rings is 2. The van der Waals surface area contributed by atoms with Crippen LogP contribution in [0.25, 0.3) is 0 Å².